The molecule has 1 aromatic rings. The van der Waals surface area contributed by atoms with E-state index in [1.54, 1.807) is 17.0 Å². The smallest absolute Gasteiger partial charge is 0.317 e. The van der Waals surface area contributed by atoms with E-state index in [9.17, 15) is 14.0 Å². The minimum Gasteiger partial charge on any atom is -0.333 e. The minimum absolute atomic E-state index is 0.0504. The van der Waals surface area contributed by atoms with Crippen molar-refractivity contribution in [3.05, 3.63) is 30.1 Å². The van der Waals surface area contributed by atoms with Crippen LogP contribution < -0.4 is 10.2 Å². The number of nitrogens with zero attached hydrogens (tertiary/aromatic N) is 2. The van der Waals surface area contributed by atoms with Crippen LogP contribution in [0.25, 0.3) is 0 Å². The number of halogens is 1. The first-order valence-corrected chi connectivity index (χ1v) is 9.16. The summed E-state index contributed by atoms with van der Waals surface area (Å²) >= 11 is 0. The van der Waals surface area contributed by atoms with E-state index >= 15 is 0 Å². The van der Waals surface area contributed by atoms with E-state index in [2.05, 4.69) is 19.2 Å². The first kappa shape index (κ1) is 19.2. The zero-order valence-electron chi connectivity index (χ0n) is 15.1. The first-order valence-electron chi connectivity index (χ1n) is 9.16. The molecule has 0 bridgehead atoms. The lowest BCUT2D eigenvalue weighted by Gasteiger charge is -2.25. The maximum atomic E-state index is 13.0. The molecule has 2 rings (SSSR count). The molecule has 0 aromatic heterocycles. The van der Waals surface area contributed by atoms with Gasteiger partial charge < -0.3 is 15.1 Å². The molecule has 0 unspecified atom stereocenters. The van der Waals surface area contributed by atoms with Gasteiger partial charge in [0, 0.05) is 31.7 Å². The Balaban J connectivity index is 1.94. The molecule has 6 heteroatoms. The van der Waals surface area contributed by atoms with E-state index in [1.807, 2.05) is 4.90 Å². The van der Waals surface area contributed by atoms with Crippen molar-refractivity contribution in [2.45, 2.75) is 52.0 Å². The predicted molar refractivity (Wildman–Crippen MR) is 97.1 cm³/mol. The van der Waals surface area contributed by atoms with Crippen LogP contribution in [0, 0.1) is 5.82 Å². The average Bonchev–Trinajstić information content (AvgIpc) is 2.96. The minimum atomic E-state index is -0.331. The molecule has 0 spiro atoms. The number of carbonyl (C=O) groups excluding carboxylic acids is 2. The molecule has 0 radical (unpaired) electrons. The molecule has 3 amide bonds. The lowest BCUT2D eigenvalue weighted by molar-refractivity contribution is -0.117. The summed E-state index contributed by atoms with van der Waals surface area (Å²) in [5, 5.41) is 2.99. The van der Waals surface area contributed by atoms with Crippen molar-refractivity contribution >= 4 is 17.6 Å². The summed E-state index contributed by atoms with van der Waals surface area (Å²) in [4.78, 5) is 28.2. The van der Waals surface area contributed by atoms with Crippen LogP contribution in [0.1, 0.15) is 46.0 Å². The number of amides is 3. The lowest BCUT2D eigenvalue weighted by Crippen LogP contribution is -2.46. The molecule has 138 valence electrons. The summed E-state index contributed by atoms with van der Waals surface area (Å²) in [6, 6.07) is 5.55. The molecule has 1 atom stereocenters. The van der Waals surface area contributed by atoms with Crippen LogP contribution in [0.15, 0.2) is 24.3 Å². The van der Waals surface area contributed by atoms with Gasteiger partial charge in [-0.15, -0.1) is 0 Å². The van der Waals surface area contributed by atoms with Gasteiger partial charge in [0.2, 0.25) is 5.91 Å². The summed E-state index contributed by atoms with van der Waals surface area (Å²) in [7, 11) is 0. The monoisotopic (exact) mass is 349 g/mol. The van der Waals surface area contributed by atoms with Crippen LogP contribution in [0.5, 0.6) is 0 Å². The highest BCUT2D eigenvalue weighted by Gasteiger charge is 2.32. The van der Waals surface area contributed by atoms with E-state index < -0.39 is 0 Å². The van der Waals surface area contributed by atoms with Gasteiger partial charge in [-0.3, -0.25) is 4.79 Å². The number of hydrogen-bond donors (Lipinski definition) is 1. The number of unbranched alkanes of at least 4 members (excludes halogenated alkanes) is 2. The Hall–Kier alpha value is -2.11. The fourth-order valence-corrected chi connectivity index (χ4v) is 2.95. The van der Waals surface area contributed by atoms with Crippen molar-refractivity contribution in [2.24, 2.45) is 0 Å². The summed E-state index contributed by atoms with van der Waals surface area (Å²) in [5.74, 6) is -0.381. The van der Waals surface area contributed by atoms with E-state index in [0.717, 1.165) is 38.8 Å². The van der Waals surface area contributed by atoms with Crippen molar-refractivity contribution in [1.82, 2.24) is 10.2 Å². The molecule has 1 aliphatic rings. The van der Waals surface area contributed by atoms with Crippen LogP contribution in [0.2, 0.25) is 0 Å². The molecule has 1 N–H and O–H groups in total. The van der Waals surface area contributed by atoms with Crippen LogP contribution in [0.4, 0.5) is 14.9 Å². The highest BCUT2D eigenvalue weighted by Crippen LogP contribution is 2.22. The third-order valence-corrected chi connectivity index (χ3v) is 4.44. The van der Waals surface area contributed by atoms with Gasteiger partial charge in [0.05, 0.1) is 6.04 Å². The van der Waals surface area contributed by atoms with Gasteiger partial charge in [-0.05, 0) is 37.1 Å². The van der Waals surface area contributed by atoms with E-state index in [0.29, 0.717) is 12.2 Å². The zero-order valence-corrected chi connectivity index (χ0v) is 15.1. The van der Waals surface area contributed by atoms with Crippen LogP contribution in [-0.4, -0.2) is 42.5 Å². The van der Waals surface area contributed by atoms with Crippen molar-refractivity contribution in [1.29, 1.82) is 0 Å². The Morgan fingerprint density at radius 1 is 1.20 bits per heavy atom. The van der Waals surface area contributed by atoms with Crippen molar-refractivity contribution in [3.63, 3.8) is 0 Å². The van der Waals surface area contributed by atoms with Crippen LogP contribution in [-0.2, 0) is 4.79 Å². The summed E-state index contributed by atoms with van der Waals surface area (Å²) in [5.41, 5.74) is 0.664. The Bertz CT molecular complexity index is 569. The molecule has 1 saturated heterocycles. The molecular weight excluding hydrogens is 321 g/mol. The molecule has 1 heterocycles. The van der Waals surface area contributed by atoms with Gasteiger partial charge in [-0.25, -0.2) is 9.18 Å². The second-order valence-corrected chi connectivity index (χ2v) is 6.53. The molecule has 1 aromatic carbocycles. The second-order valence-electron chi connectivity index (χ2n) is 6.53. The number of nitrogens with one attached hydrogen (secondary N) is 1. The SMILES string of the molecule is CCCCN(CCCC)C(=O)N[C@H]1CC(=O)N(c2ccc(F)cc2)C1. The van der Waals surface area contributed by atoms with Crippen molar-refractivity contribution < 1.29 is 14.0 Å². The predicted octanol–water partition coefficient (Wildman–Crippen LogP) is 3.54. The summed E-state index contributed by atoms with van der Waals surface area (Å²) < 4.78 is 13.0. The third kappa shape index (κ3) is 5.44. The van der Waals surface area contributed by atoms with E-state index in [4.69, 9.17) is 0 Å². The van der Waals surface area contributed by atoms with Gasteiger partial charge in [-0.1, -0.05) is 26.7 Å². The van der Waals surface area contributed by atoms with E-state index in [1.165, 1.54) is 12.1 Å². The van der Waals surface area contributed by atoms with Gasteiger partial charge in [0.15, 0.2) is 0 Å². The molecule has 0 saturated carbocycles. The van der Waals surface area contributed by atoms with Crippen LogP contribution in [0.3, 0.4) is 0 Å². The largest absolute Gasteiger partial charge is 0.333 e. The van der Waals surface area contributed by atoms with Gasteiger partial charge in [0.1, 0.15) is 5.82 Å². The van der Waals surface area contributed by atoms with Gasteiger partial charge >= 0.3 is 6.03 Å². The number of rotatable bonds is 8. The Morgan fingerprint density at radius 2 is 1.80 bits per heavy atom. The number of urea groups is 1. The lowest BCUT2D eigenvalue weighted by atomic mass is 10.2. The standard InChI is InChI=1S/C19H28FN3O2/c1-3-5-11-22(12-6-4-2)19(25)21-16-13-18(24)23(14-16)17-9-7-15(20)8-10-17/h7-10,16H,3-6,11-14H2,1-2H3,(H,21,25)/t16-/m0/s1. The first-order chi connectivity index (χ1) is 12.0. The Kier molecular flexibility index (Phi) is 7.22. The Labute approximate surface area is 149 Å². The number of anilines is 1. The topological polar surface area (TPSA) is 52.7 Å². The second kappa shape index (κ2) is 9.39. The summed E-state index contributed by atoms with van der Waals surface area (Å²) in [6.07, 6.45) is 4.30. The number of benzene rings is 1. The number of carbonyl (C=O) groups is 2. The molecule has 1 fully saturated rings. The van der Waals surface area contributed by atoms with Crippen LogP contribution >= 0.6 is 0 Å². The number of hydrogen-bond acceptors (Lipinski definition) is 2. The highest BCUT2D eigenvalue weighted by atomic mass is 19.1. The van der Waals surface area contributed by atoms with Gasteiger partial charge in [0.25, 0.3) is 0 Å². The zero-order chi connectivity index (χ0) is 18.2. The maximum absolute atomic E-state index is 13.0. The normalized spacial score (nSPS) is 17.0. The summed E-state index contributed by atoms with van der Waals surface area (Å²) in [6.45, 7) is 6.11. The fourth-order valence-electron chi connectivity index (χ4n) is 2.95. The Morgan fingerprint density at radius 3 is 2.36 bits per heavy atom. The highest BCUT2D eigenvalue weighted by molar-refractivity contribution is 5.96. The molecular formula is C19H28FN3O2. The maximum Gasteiger partial charge on any atom is 0.317 e. The molecule has 5 nitrogen and oxygen atoms in total. The average molecular weight is 349 g/mol. The van der Waals surface area contributed by atoms with Crippen molar-refractivity contribution in [2.75, 3.05) is 24.5 Å². The fraction of sp³-hybridized carbons (Fsp3) is 0.579. The third-order valence-electron chi connectivity index (χ3n) is 4.44. The van der Waals surface area contributed by atoms with Gasteiger partial charge in [-0.2, -0.15) is 0 Å². The molecule has 25 heavy (non-hydrogen) atoms. The van der Waals surface area contributed by atoms with Crippen molar-refractivity contribution in [3.8, 4) is 0 Å². The quantitative estimate of drug-likeness (QED) is 0.780. The van der Waals surface area contributed by atoms with E-state index in [-0.39, 0.29) is 30.2 Å². The molecule has 0 aliphatic carbocycles. The molecule has 1 aliphatic heterocycles.